The molecule has 0 fully saturated rings. The van der Waals surface area contributed by atoms with Crippen LogP contribution < -0.4 is 9.46 Å². The number of benzene rings is 1. The Balaban J connectivity index is 2.40. The molecule has 0 aliphatic carbocycles. The van der Waals surface area contributed by atoms with E-state index >= 15 is 0 Å². The van der Waals surface area contributed by atoms with Crippen molar-refractivity contribution in [1.82, 2.24) is 4.98 Å². The standard InChI is InChI=1S/C12H10ClN3O5S/c1-21-12-5-3-9(7-14-12)15-22(19,20)11-4-2-8(13)6-10(11)16(17)18/h2-7,15H,1H3. The van der Waals surface area contributed by atoms with E-state index in [1.54, 1.807) is 0 Å². The Kier molecular flexibility index (Phi) is 4.48. The van der Waals surface area contributed by atoms with E-state index in [-0.39, 0.29) is 10.7 Å². The Bertz CT molecular complexity index is 808. The lowest BCUT2D eigenvalue weighted by atomic mass is 10.3. The van der Waals surface area contributed by atoms with Crippen LogP contribution in [-0.4, -0.2) is 25.4 Å². The highest BCUT2D eigenvalue weighted by Gasteiger charge is 2.26. The third-order valence-corrected chi connectivity index (χ3v) is 4.27. The zero-order valence-corrected chi connectivity index (χ0v) is 12.8. The van der Waals surface area contributed by atoms with Crippen molar-refractivity contribution in [1.29, 1.82) is 0 Å². The minimum atomic E-state index is -4.16. The smallest absolute Gasteiger partial charge is 0.291 e. The van der Waals surface area contributed by atoms with Gasteiger partial charge in [-0.1, -0.05) is 11.6 Å². The van der Waals surface area contributed by atoms with E-state index in [4.69, 9.17) is 16.3 Å². The first-order valence-corrected chi connectivity index (χ1v) is 7.66. The van der Waals surface area contributed by atoms with Gasteiger partial charge in [0, 0.05) is 17.2 Å². The summed E-state index contributed by atoms with van der Waals surface area (Å²) in [4.78, 5) is 13.5. The molecule has 2 aromatic rings. The maximum Gasteiger partial charge on any atom is 0.291 e. The number of nitro benzene ring substituents is 1. The minimum Gasteiger partial charge on any atom is -0.481 e. The van der Waals surface area contributed by atoms with Crippen LogP contribution in [0.1, 0.15) is 0 Å². The second-order valence-corrected chi connectivity index (χ2v) is 6.15. The van der Waals surface area contributed by atoms with Crippen LogP contribution in [0.3, 0.4) is 0 Å². The molecule has 0 saturated heterocycles. The molecule has 0 radical (unpaired) electrons. The first kappa shape index (κ1) is 16.0. The fraction of sp³-hybridized carbons (Fsp3) is 0.0833. The predicted octanol–water partition coefficient (Wildman–Crippen LogP) is 2.45. The van der Waals surface area contributed by atoms with Gasteiger partial charge in [0.2, 0.25) is 5.88 Å². The highest BCUT2D eigenvalue weighted by molar-refractivity contribution is 7.92. The molecule has 2 rings (SSSR count). The number of hydrogen-bond donors (Lipinski definition) is 1. The van der Waals surface area contributed by atoms with E-state index in [1.165, 1.54) is 31.5 Å². The molecule has 0 saturated carbocycles. The zero-order valence-electron chi connectivity index (χ0n) is 11.2. The molecule has 0 spiro atoms. The molecular weight excluding hydrogens is 334 g/mol. The van der Waals surface area contributed by atoms with Crippen LogP contribution in [0.5, 0.6) is 5.88 Å². The highest BCUT2D eigenvalue weighted by Crippen LogP contribution is 2.28. The highest BCUT2D eigenvalue weighted by atomic mass is 35.5. The van der Waals surface area contributed by atoms with E-state index in [2.05, 4.69) is 9.71 Å². The number of ether oxygens (including phenoxy) is 1. The van der Waals surface area contributed by atoms with E-state index in [0.717, 1.165) is 12.1 Å². The molecule has 0 aliphatic rings. The Morgan fingerprint density at radius 1 is 1.32 bits per heavy atom. The van der Waals surface area contributed by atoms with Gasteiger partial charge in [-0.25, -0.2) is 13.4 Å². The van der Waals surface area contributed by atoms with Crippen LogP contribution in [0, 0.1) is 10.1 Å². The number of aromatic nitrogens is 1. The van der Waals surface area contributed by atoms with Gasteiger partial charge in [0.15, 0.2) is 4.90 Å². The lowest BCUT2D eigenvalue weighted by Gasteiger charge is -2.08. The molecule has 0 unspecified atom stereocenters. The van der Waals surface area contributed by atoms with Gasteiger partial charge in [-0.05, 0) is 18.2 Å². The summed E-state index contributed by atoms with van der Waals surface area (Å²) < 4.78 is 31.6. The minimum absolute atomic E-state index is 0.0664. The number of nitrogens with one attached hydrogen (secondary N) is 1. The largest absolute Gasteiger partial charge is 0.481 e. The first-order valence-electron chi connectivity index (χ1n) is 5.80. The van der Waals surface area contributed by atoms with Crippen molar-refractivity contribution in [2.24, 2.45) is 0 Å². The Morgan fingerprint density at radius 3 is 2.59 bits per heavy atom. The Morgan fingerprint density at radius 2 is 2.05 bits per heavy atom. The second kappa shape index (κ2) is 6.16. The topological polar surface area (TPSA) is 111 Å². The number of halogens is 1. The van der Waals surface area contributed by atoms with Crippen LogP contribution in [-0.2, 0) is 10.0 Å². The maximum absolute atomic E-state index is 12.3. The van der Waals surface area contributed by atoms with Gasteiger partial charge in [0.25, 0.3) is 15.7 Å². The molecule has 0 bridgehead atoms. The van der Waals surface area contributed by atoms with Crippen LogP contribution in [0.25, 0.3) is 0 Å². The summed E-state index contributed by atoms with van der Waals surface area (Å²) in [5.41, 5.74) is -0.466. The summed E-state index contributed by atoms with van der Waals surface area (Å²) in [5.74, 6) is 0.306. The number of nitro groups is 1. The average molecular weight is 344 g/mol. The monoisotopic (exact) mass is 343 g/mol. The van der Waals surface area contributed by atoms with Gasteiger partial charge in [-0.15, -0.1) is 0 Å². The summed E-state index contributed by atoms with van der Waals surface area (Å²) in [6.45, 7) is 0. The van der Waals surface area contributed by atoms with Crippen molar-refractivity contribution in [3.05, 3.63) is 51.7 Å². The molecule has 116 valence electrons. The SMILES string of the molecule is COc1ccc(NS(=O)(=O)c2ccc(Cl)cc2[N+](=O)[O-])cn1. The van der Waals surface area contributed by atoms with Crippen molar-refractivity contribution in [2.75, 3.05) is 11.8 Å². The van der Waals surface area contributed by atoms with E-state index in [0.29, 0.717) is 5.88 Å². The average Bonchev–Trinajstić information content (AvgIpc) is 2.47. The van der Waals surface area contributed by atoms with Gasteiger partial charge in [-0.2, -0.15) is 0 Å². The van der Waals surface area contributed by atoms with E-state index in [1.807, 2.05) is 0 Å². The van der Waals surface area contributed by atoms with Crippen molar-refractivity contribution in [3.63, 3.8) is 0 Å². The van der Waals surface area contributed by atoms with Crippen LogP contribution in [0.4, 0.5) is 11.4 Å². The maximum atomic E-state index is 12.3. The van der Waals surface area contributed by atoms with Crippen molar-refractivity contribution < 1.29 is 18.1 Å². The number of anilines is 1. The summed E-state index contributed by atoms with van der Waals surface area (Å²) in [6, 6.07) is 6.18. The third-order valence-electron chi connectivity index (χ3n) is 2.60. The van der Waals surface area contributed by atoms with Gasteiger partial charge < -0.3 is 4.74 Å². The molecule has 1 aromatic carbocycles. The number of sulfonamides is 1. The fourth-order valence-electron chi connectivity index (χ4n) is 1.63. The summed E-state index contributed by atoms with van der Waals surface area (Å²) >= 11 is 5.66. The lowest BCUT2D eigenvalue weighted by molar-refractivity contribution is -0.387. The second-order valence-electron chi connectivity index (χ2n) is 4.06. The molecular formula is C12H10ClN3O5S. The van der Waals surface area contributed by atoms with Crippen molar-refractivity contribution >= 4 is 33.0 Å². The molecule has 1 heterocycles. The molecule has 8 nitrogen and oxygen atoms in total. The Labute approximate surface area is 130 Å². The normalized spacial score (nSPS) is 11.0. The van der Waals surface area contributed by atoms with Crippen LogP contribution in [0.15, 0.2) is 41.4 Å². The number of rotatable bonds is 5. The summed E-state index contributed by atoms with van der Waals surface area (Å²) in [6.07, 6.45) is 1.23. The molecule has 0 atom stereocenters. The Hall–Kier alpha value is -2.39. The van der Waals surface area contributed by atoms with Gasteiger partial charge >= 0.3 is 0 Å². The number of nitrogens with zero attached hydrogens (tertiary/aromatic N) is 2. The van der Waals surface area contributed by atoms with Crippen molar-refractivity contribution in [3.8, 4) is 5.88 Å². The van der Waals surface area contributed by atoms with Gasteiger partial charge in [0.05, 0.1) is 23.9 Å². The molecule has 0 amide bonds. The number of methoxy groups -OCH3 is 1. The van der Waals surface area contributed by atoms with Gasteiger partial charge in [-0.3, -0.25) is 14.8 Å². The summed E-state index contributed by atoms with van der Waals surface area (Å²) in [7, 11) is -2.74. The van der Waals surface area contributed by atoms with Gasteiger partial charge in [0.1, 0.15) is 0 Å². The molecule has 22 heavy (non-hydrogen) atoms. The van der Waals surface area contributed by atoms with E-state index < -0.39 is 25.5 Å². The first-order chi connectivity index (χ1) is 10.3. The molecule has 1 N–H and O–H groups in total. The van der Waals surface area contributed by atoms with Crippen LogP contribution >= 0.6 is 11.6 Å². The van der Waals surface area contributed by atoms with E-state index in [9.17, 15) is 18.5 Å². The fourth-order valence-corrected chi connectivity index (χ4v) is 3.00. The third kappa shape index (κ3) is 3.43. The van der Waals surface area contributed by atoms with Crippen molar-refractivity contribution in [2.45, 2.75) is 4.90 Å². The summed E-state index contributed by atoms with van der Waals surface area (Å²) in [5, 5.41) is 11.0. The lowest BCUT2D eigenvalue weighted by Crippen LogP contribution is -2.14. The molecule has 1 aromatic heterocycles. The number of pyridine rings is 1. The zero-order chi connectivity index (χ0) is 16.3. The quantitative estimate of drug-likeness (QED) is 0.659. The molecule has 10 heteroatoms. The predicted molar refractivity (Wildman–Crippen MR) is 79.7 cm³/mol. The van der Waals surface area contributed by atoms with Crippen LogP contribution in [0.2, 0.25) is 5.02 Å². The number of hydrogen-bond acceptors (Lipinski definition) is 6. The molecule has 0 aliphatic heterocycles.